The lowest BCUT2D eigenvalue weighted by molar-refractivity contribution is 0.687. The zero-order chi connectivity index (χ0) is 24.8. The number of fused-ring (bicyclic) bond motifs is 4. The summed E-state index contributed by atoms with van der Waals surface area (Å²) in [5.74, 6) is 0.419. The quantitative estimate of drug-likeness (QED) is 0.225. The van der Waals surface area contributed by atoms with Crippen LogP contribution in [-0.4, -0.2) is 0 Å². The molecule has 0 spiro atoms. The van der Waals surface area contributed by atoms with Crippen molar-refractivity contribution in [2.45, 2.75) is 57.8 Å². The fourth-order valence-electron chi connectivity index (χ4n) is 7.02. The molecule has 0 radical (unpaired) electrons. The zero-order valence-electron chi connectivity index (χ0n) is 21.8. The molecule has 1 unspecified atom stereocenters. The summed E-state index contributed by atoms with van der Waals surface area (Å²) in [6.07, 6.45) is 15.7. The number of aryl methyl sites for hydroxylation is 2. The van der Waals surface area contributed by atoms with Crippen molar-refractivity contribution in [3.05, 3.63) is 119 Å². The van der Waals surface area contributed by atoms with Crippen LogP contribution in [0, 0.1) is 0 Å². The van der Waals surface area contributed by atoms with Gasteiger partial charge in [-0.1, -0.05) is 116 Å². The van der Waals surface area contributed by atoms with E-state index in [2.05, 4.69) is 104 Å². The van der Waals surface area contributed by atoms with Crippen molar-refractivity contribution >= 4 is 32.3 Å². The molecule has 0 N–H and O–H groups in total. The molecule has 37 heavy (non-hydrogen) atoms. The maximum atomic E-state index is 2.59. The van der Waals surface area contributed by atoms with Crippen LogP contribution in [0.25, 0.3) is 43.4 Å². The Morgan fingerprint density at radius 1 is 0.703 bits per heavy atom. The first-order chi connectivity index (χ1) is 18.3. The summed E-state index contributed by atoms with van der Waals surface area (Å²) in [5.41, 5.74) is 9.01. The number of hydrogen-bond acceptors (Lipinski definition) is 0. The molecule has 0 nitrogen and oxygen atoms in total. The highest BCUT2D eigenvalue weighted by Gasteiger charge is 2.24. The Labute approximate surface area is 220 Å². The van der Waals surface area contributed by atoms with Crippen LogP contribution in [0.1, 0.15) is 61.6 Å². The van der Waals surface area contributed by atoms with E-state index in [0.717, 1.165) is 6.42 Å². The van der Waals surface area contributed by atoms with E-state index in [-0.39, 0.29) is 0 Å². The standard InChI is InChI=1S/C37H34/c1-2-11-25-12-9-17-29(22-25)36-32-19-7-8-20-33(32)37(31-21-10-16-26-13-5-6-18-30(26)31)35-24-28-15-4-3-14-27(28)23-34(35)36/h5-10,12-13,16-21,23-24,29H,2-4,11,14-15,22H2,1H3. The lowest BCUT2D eigenvalue weighted by atomic mass is 9.77. The Morgan fingerprint density at radius 2 is 1.41 bits per heavy atom. The molecule has 0 saturated carbocycles. The Bertz CT molecular complexity index is 1710. The normalized spacial score (nSPS) is 17.3. The van der Waals surface area contributed by atoms with Gasteiger partial charge in [0, 0.05) is 5.92 Å². The Hall–Kier alpha value is -3.64. The van der Waals surface area contributed by atoms with Gasteiger partial charge < -0.3 is 0 Å². The van der Waals surface area contributed by atoms with Gasteiger partial charge >= 0.3 is 0 Å². The van der Waals surface area contributed by atoms with Crippen LogP contribution in [0.5, 0.6) is 0 Å². The van der Waals surface area contributed by atoms with Gasteiger partial charge in [0.05, 0.1) is 0 Å². The second-order valence-electron chi connectivity index (χ2n) is 11.0. The summed E-state index contributed by atoms with van der Waals surface area (Å²) in [6, 6.07) is 30.1. The second-order valence-corrected chi connectivity index (χ2v) is 11.0. The molecule has 0 heteroatoms. The fourth-order valence-corrected chi connectivity index (χ4v) is 7.02. The highest BCUT2D eigenvalue weighted by Crippen LogP contribution is 2.47. The molecule has 2 aliphatic rings. The third kappa shape index (κ3) is 3.82. The summed E-state index contributed by atoms with van der Waals surface area (Å²) in [6.45, 7) is 2.30. The van der Waals surface area contributed by atoms with Crippen LogP contribution in [0.2, 0.25) is 0 Å². The van der Waals surface area contributed by atoms with E-state index in [1.165, 1.54) is 87.5 Å². The predicted octanol–water partition coefficient (Wildman–Crippen LogP) is 10.5. The lowest BCUT2D eigenvalue weighted by Gasteiger charge is -2.26. The first kappa shape index (κ1) is 22.5. The molecule has 0 amide bonds. The van der Waals surface area contributed by atoms with Gasteiger partial charge in [-0.2, -0.15) is 0 Å². The molecule has 0 saturated heterocycles. The van der Waals surface area contributed by atoms with Gasteiger partial charge in [-0.15, -0.1) is 0 Å². The van der Waals surface area contributed by atoms with Crippen molar-refractivity contribution in [1.82, 2.24) is 0 Å². The van der Waals surface area contributed by atoms with Crippen LogP contribution in [0.4, 0.5) is 0 Å². The molecule has 0 bridgehead atoms. The third-order valence-electron chi connectivity index (χ3n) is 8.69. The third-order valence-corrected chi connectivity index (χ3v) is 8.69. The molecule has 0 fully saturated rings. The smallest absolute Gasteiger partial charge is 0.00706 e. The SMILES string of the molecule is CCCC1=CC=CC(c2c3ccccc3c(-c3cccc4ccccc34)c3cc4c(cc23)CCCC4)C1. The van der Waals surface area contributed by atoms with Crippen LogP contribution < -0.4 is 0 Å². The van der Waals surface area contributed by atoms with Crippen molar-refractivity contribution in [3.8, 4) is 11.1 Å². The maximum Gasteiger partial charge on any atom is 0.00706 e. The van der Waals surface area contributed by atoms with Crippen LogP contribution >= 0.6 is 0 Å². The van der Waals surface area contributed by atoms with E-state index in [4.69, 9.17) is 0 Å². The number of benzene rings is 5. The van der Waals surface area contributed by atoms with Gasteiger partial charge in [0.25, 0.3) is 0 Å². The highest BCUT2D eigenvalue weighted by molar-refractivity contribution is 6.19. The zero-order valence-corrected chi connectivity index (χ0v) is 21.8. The second kappa shape index (κ2) is 9.34. The number of allylic oxidation sites excluding steroid dienone is 4. The minimum absolute atomic E-state index is 0.419. The van der Waals surface area contributed by atoms with E-state index >= 15 is 0 Å². The van der Waals surface area contributed by atoms with Gasteiger partial charge in [-0.3, -0.25) is 0 Å². The fraction of sp³-hybridized carbons (Fsp3) is 0.243. The van der Waals surface area contributed by atoms with Crippen molar-refractivity contribution < 1.29 is 0 Å². The largest absolute Gasteiger partial charge is 0.0766 e. The molecule has 0 aliphatic heterocycles. The van der Waals surface area contributed by atoms with Crippen LogP contribution in [-0.2, 0) is 12.8 Å². The monoisotopic (exact) mass is 478 g/mol. The van der Waals surface area contributed by atoms with E-state index in [0.29, 0.717) is 5.92 Å². The number of rotatable bonds is 4. The summed E-state index contributed by atoms with van der Waals surface area (Å²) in [7, 11) is 0. The van der Waals surface area contributed by atoms with Crippen molar-refractivity contribution in [2.75, 3.05) is 0 Å². The molecular formula is C37H34. The van der Waals surface area contributed by atoms with Crippen LogP contribution in [0.15, 0.2) is 103 Å². The topological polar surface area (TPSA) is 0 Å². The van der Waals surface area contributed by atoms with E-state index < -0.39 is 0 Å². The maximum absolute atomic E-state index is 2.59. The average Bonchev–Trinajstić information content (AvgIpc) is 2.95. The summed E-state index contributed by atoms with van der Waals surface area (Å²) < 4.78 is 0. The van der Waals surface area contributed by atoms with E-state index in [1.54, 1.807) is 16.7 Å². The molecule has 2 aliphatic carbocycles. The average molecular weight is 479 g/mol. The molecule has 7 rings (SSSR count). The van der Waals surface area contributed by atoms with Crippen LogP contribution in [0.3, 0.4) is 0 Å². The van der Waals surface area contributed by atoms with Crippen molar-refractivity contribution in [3.63, 3.8) is 0 Å². The molecule has 0 heterocycles. The minimum atomic E-state index is 0.419. The van der Waals surface area contributed by atoms with Gasteiger partial charge in [-0.25, -0.2) is 0 Å². The van der Waals surface area contributed by atoms with E-state index in [9.17, 15) is 0 Å². The first-order valence-electron chi connectivity index (χ1n) is 14.2. The van der Waals surface area contributed by atoms with Gasteiger partial charge in [0.15, 0.2) is 0 Å². The van der Waals surface area contributed by atoms with Gasteiger partial charge in [0.1, 0.15) is 0 Å². The molecule has 0 aromatic heterocycles. The van der Waals surface area contributed by atoms with Crippen molar-refractivity contribution in [1.29, 1.82) is 0 Å². The summed E-state index contributed by atoms with van der Waals surface area (Å²) in [5, 5.41) is 8.36. The van der Waals surface area contributed by atoms with Gasteiger partial charge in [0.2, 0.25) is 0 Å². The highest BCUT2D eigenvalue weighted by atomic mass is 14.3. The Balaban J connectivity index is 1.60. The molecule has 5 aromatic carbocycles. The Kier molecular flexibility index (Phi) is 5.69. The summed E-state index contributed by atoms with van der Waals surface area (Å²) >= 11 is 0. The predicted molar refractivity (Wildman–Crippen MR) is 161 cm³/mol. The molecule has 5 aromatic rings. The summed E-state index contributed by atoms with van der Waals surface area (Å²) in [4.78, 5) is 0. The molecule has 182 valence electrons. The van der Waals surface area contributed by atoms with Crippen molar-refractivity contribution in [2.24, 2.45) is 0 Å². The Morgan fingerprint density at radius 3 is 2.22 bits per heavy atom. The molecular weight excluding hydrogens is 444 g/mol. The van der Waals surface area contributed by atoms with E-state index in [1.807, 2.05) is 0 Å². The molecule has 1 atom stereocenters. The lowest BCUT2D eigenvalue weighted by Crippen LogP contribution is -2.07. The van der Waals surface area contributed by atoms with Gasteiger partial charge in [-0.05, 0) is 98.7 Å². The first-order valence-corrected chi connectivity index (χ1v) is 14.2. The number of hydrogen-bond donors (Lipinski definition) is 0. The minimum Gasteiger partial charge on any atom is -0.0766 e.